The fraction of sp³-hybridized carbons (Fsp3) is 0.571. The highest BCUT2D eigenvalue weighted by Gasteiger charge is 2.19. The second-order valence-corrected chi connectivity index (χ2v) is 6.75. The Bertz CT molecular complexity index is 486. The minimum atomic E-state index is -3.20. The van der Waals surface area contributed by atoms with Crippen LogP contribution >= 0.6 is 0 Å². The van der Waals surface area contributed by atoms with Crippen LogP contribution in [-0.4, -0.2) is 33.8 Å². The molecule has 0 aromatic heterocycles. The molecule has 5 heteroatoms. The molecule has 1 aromatic rings. The van der Waals surface area contributed by atoms with Gasteiger partial charge in [-0.2, -0.15) is 0 Å². The summed E-state index contributed by atoms with van der Waals surface area (Å²) in [6.45, 7) is 5.82. The second-order valence-electron chi connectivity index (χ2n) is 4.50. The Morgan fingerprint density at radius 2 is 1.84 bits per heavy atom. The smallest absolute Gasteiger partial charge is 0.180 e. The molecular formula is C14H24N2O2S. The van der Waals surface area contributed by atoms with Gasteiger partial charge in [0.15, 0.2) is 9.84 Å². The van der Waals surface area contributed by atoms with Crippen LogP contribution in [0.2, 0.25) is 0 Å². The molecule has 1 aromatic carbocycles. The van der Waals surface area contributed by atoms with E-state index in [-0.39, 0.29) is 5.75 Å². The topological polar surface area (TPSA) is 63.4 Å². The van der Waals surface area contributed by atoms with Crippen LogP contribution in [0.15, 0.2) is 29.2 Å². The van der Waals surface area contributed by atoms with Gasteiger partial charge in [-0.05, 0) is 18.6 Å². The Labute approximate surface area is 116 Å². The highest BCUT2D eigenvalue weighted by atomic mass is 32.2. The van der Waals surface area contributed by atoms with Crippen molar-refractivity contribution in [2.24, 2.45) is 5.73 Å². The van der Waals surface area contributed by atoms with Crippen LogP contribution in [0, 0.1) is 0 Å². The lowest BCUT2D eigenvalue weighted by atomic mass is 10.2. The summed E-state index contributed by atoms with van der Waals surface area (Å²) in [6.07, 6.45) is 2.10. The van der Waals surface area contributed by atoms with E-state index in [4.69, 9.17) is 5.73 Å². The van der Waals surface area contributed by atoms with Crippen molar-refractivity contribution in [1.82, 2.24) is 0 Å². The van der Waals surface area contributed by atoms with E-state index < -0.39 is 9.84 Å². The molecule has 0 aliphatic carbocycles. The Hall–Kier alpha value is -1.07. The molecule has 0 bridgehead atoms. The number of rotatable bonds is 8. The van der Waals surface area contributed by atoms with E-state index >= 15 is 0 Å². The van der Waals surface area contributed by atoms with Gasteiger partial charge in [-0.25, -0.2) is 8.42 Å². The molecule has 0 spiro atoms. The van der Waals surface area contributed by atoms with Gasteiger partial charge in [0.25, 0.3) is 0 Å². The zero-order chi connectivity index (χ0) is 14.3. The largest absolute Gasteiger partial charge is 0.369 e. The van der Waals surface area contributed by atoms with Gasteiger partial charge in [-0.1, -0.05) is 32.4 Å². The fourth-order valence-electron chi connectivity index (χ4n) is 1.99. The molecule has 0 fully saturated rings. The summed E-state index contributed by atoms with van der Waals surface area (Å²) >= 11 is 0. The molecule has 0 saturated heterocycles. The molecule has 0 saturated carbocycles. The SMILES string of the molecule is CCCCN(CCN)c1ccccc1S(=O)(=O)CC. The second kappa shape index (κ2) is 7.50. The van der Waals surface area contributed by atoms with E-state index in [2.05, 4.69) is 11.8 Å². The van der Waals surface area contributed by atoms with E-state index in [1.165, 1.54) is 0 Å². The number of nitrogens with zero attached hydrogens (tertiary/aromatic N) is 1. The molecule has 0 atom stereocenters. The van der Waals surface area contributed by atoms with Gasteiger partial charge in [0, 0.05) is 19.6 Å². The normalized spacial score (nSPS) is 11.5. The molecule has 0 aliphatic heterocycles. The van der Waals surface area contributed by atoms with Crippen LogP contribution in [0.25, 0.3) is 0 Å². The molecule has 4 nitrogen and oxygen atoms in total. The molecule has 0 aliphatic rings. The molecule has 0 amide bonds. The number of sulfone groups is 1. The summed E-state index contributed by atoms with van der Waals surface area (Å²) in [5.74, 6) is 0.119. The third-order valence-electron chi connectivity index (χ3n) is 3.10. The quantitative estimate of drug-likeness (QED) is 0.793. The maximum Gasteiger partial charge on any atom is 0.180 e. The van der Waals surface area contributed by atoms with Gasteiger partial charge >= 0.3 is 0 Å². The summed E-state index contributed by atoms with van der Waals surface area (Å²) in [7, 11) is -3.20. The molecule has 2 N–H and O–H groups in total. The summed E-state index contributed by atoms with van der Waals surface area (Å²) < 4.78 is 24.3. The van der Waals surface area contributed by atoms with Gasteiger partial charge in [-0.3, -0.25) is 0 Å². The van der Waals surface area contributed by atoms with Crippen molar-refractivity contribution >= 4 is 15.5 Å². The summed E-state index contributed by atoms with van der Waals surface area (Å²) in [4.78, 5) is 2.49. The third-order valence-corrected chi connectivity index (χ3v) is 4.88. The zero-order valence-corrected chi connectivity index (χ0v) is 12.6. The Morgan fingerprint density at radius 1 is 1.16 bits per heavy atom. The number of benzene rings is 1. The van der Waals surface area contributed by atoms with E-state index in [9.17, 15) is 8.42 Å². The molecule has 1 rings (SSSR count). The lowest BCUT2D eigenvalue weighted by molar-refractivity contribution is 0.596. The van der Waals surface area contributed by atoms with Gasteiger partial charge in [0.1, 0.15) is 0 Å². The van der Waals surface area contributed by atoms with Gasteiger partial charge in [0.05, 0.1) is 16.3 Å². The average molecular weight is 284 g/mol. The predicted molar refractivity (Wildman–Crippen MR) is 80.3 cm³/mol. The number of para-hydroxylation sites is 1. The highest BCUT2D eigenvalue weighted by molar-refractivity contribution is 7.91. The Kier molecular flexibility index (Phi) is 6.31. The zero-order valence-electron chi connectivity index (χ0n) is 11.8. The lowest BCUT2D eigenvalue weighted by Gasteiger charge is -2.26. The monoisotopic (exact) mass is 284 g/mol. The summed E-state index contributed by atoms with van der Waals surface area (Å²) in [6, 6.07) is 7.20. The summed E-state index contributed by atoms with van der Waals surface area (Å²) in [5.41, 5.74) is 6.42. The molecule has 0 unspecified atom stereocenters. The van der Waals surface area contributed by atoms with Crippen molar-refractivity contribution in [2.45, 2.75) is 31.6 Å². The maximum atomic E-state index is 12.1. The molecule has 0 radical (unpaired) electrons. The van der Waals surface area contributed by atoms with Gasteiger partial charge in [0.2, 0.25) is 0 Å². The predicted octanol–water partition coefficient (Wildman–Crippen LogP) is 2.05. The maximum absolute atomic E-state index is 12.1. The number of nitrogens with two attached hydrogens (primary N) is 1. The standard InChI is InChI=1S/C14H24N2O2S/c1-3-5-11-16(12-10-15)13-8-6-7-9-14(13)19(17,18)4-2/h6-9H,3-5,10-12,15H2,1-2H3. The molecular weight excluding hydrogens is 260 g/mol. The number of hydrogen-bond donors (Lipinski definition) is 1. The lowest BCUT2D eigenvalue weighted by Crippen LogP contribution is -2.31. The van der Waals surface area contributed by atoms with Crippen molar-refractivity contribution in [1.29, 1.82) is 0 Å². The van der Waals surface area contributed by atoms with Gasteiger partial charge in [-0.15, -0.1) is 0 Å². The van der Waals surface area contributed by atoms with Crippen molar-refractivity contribution in [3.8, 4) is 0 Å². The van der Waals surface area contributed by atoms with Crippen LogP contribution < -0.4 is 10.6 Å². The van der Waals surface area contributed by atoms with Gasteiger partial charge < -0.3 is 10.6 Å². The Morgan fingerprint density at radius 3 is 2.42 bits per heavy atom. The van der Waals surface area contributed by atoms with E-state index in [1.807, 2.05) is 12.1 Å². The number of anilines is 1. The van der Waals surface area contributed by atoms with Crippen LogP contribution in [0.1, 0.15) is 26.7 Å². The first-order valence-electron chi connectivity index (χ1n) is 6.83. The van der Waals surface area contributed by atoms with E-state index in [0.717, 1.165) is 25.1 Å². The first-order chi connectivity index (χ1) is 9.06. The molecule has 108 valence electrons. The van der Waals surface area contributed by atoms with Crippen molar-refractivity contribution in [2.75, 3.05) is 30.3 Å². The number of hydrogen-bond acceptors (Lipinski definition) is 4. The Balaban J connectivity index is 3.15. The first-order valence-corrected chi connectivity index (χ1v) is 8.48. The third kappa shape index (κ3) is 4.21. The molecule has 19 heavy (non-hydrogen) atoms. The minimum absolute atomic E-state index is 0.119. The minimum Gasteiger partial charge on any atom is -0.369 e. The van der Waals surface area contributed by atoms with Crippen LogP contribution in [0.5, 0.6) is 0 Å². The summed E-state index contributed by atoms with van der Waals surface area (Å²) in [5, 5.41) is 0. The first kappa shape index (κ1) is 16.0. The fourth-order valence-corrected chi connectivity index (χ4v) is 3.11. The van der Waals surface area contributed by atoms with Crippen LogP contribution in [0.3, 0.4) is 0 Å². The van der Waals surface area contributed by atoms with E-state index in [1.54, 1.807) is 19.1 Å². The molecule has 0 heterocycles. The van der Waals surface area contributed by atoms with E-state index in [0.29, 0.717) is 18.0 Å². The van der Waals surface area contributed by atoms with Crippen molar-refractivity contribution in [3.05, 3.63) is 24.3 Å². The average Bonchev–Trinajstić information content (AvgIpc) is 2.43. The van der Waals surface area contributed by atoms with Crippen LogP contribution in [0.4, 0.5) is 5.69 Å². The highest BCUT2D eigenvalue weighted by Crippen LogP contribution is 2.26. The van der Waals surface area contributed by atoms with Crippen LogP contribution in [-0.2, 0) is 9.84 Å². The van der Waals surface area contributed by atoms with Crippen molar-refractivity contribution in [3.63, 3.8) is 0 Å². The number of unbranched alkanes of at least 4 members (excludes halogenated alkanes) is 1. The van der Waals surface area contributed by atoms with Crippen molar-refractivity contribution < 1.29 is 8.42 Å².